The van der Waals surface area contributed by atoms with E-state index in [4.69, 9.17) is 4.74 Å². The van der Waals surface area contributed by atoms with Gasteiger partial charge in [-0.1, -0.05) is 18.2 Å². The molecule has 1 N–H and O–H groups in total. The van der Waals surface area contributed by atoms with Crippen molar-refractivity contribution >= 4 is 11.6 Å². The van der Waals surface area contributed by atoms with Gasteiger partial charge in [-0.2, -0.15) is 0 Å². The molecule has 1 atom stereocenters. The van der Waals surface area contributed by atoms with Crippen LogP contribution in [-0.4, -0.2) is 68.2 Å². The number of carbonyl (C=O) groups is 1. The van der Waals surface area contributed by atoms with Crippen molar-refractivity contribution in [1.82, 2.24) is 9.80 Å². The molecule has 5 nitrogen and oxygen atoms in total. The van der Waals surface area contributed by atoms with Crippen LogP contribution in [0.15, 0.2) is 30.3 Å². The number of likely N-dealkylation sites (tertiary alicyclic amines) is 1. The molecule has 0 bridgehead atoms. The lowest BCUT2D eigenvalue weighted by molar-refractivity contribution is -0.117. The fourth-order valence-corrected chi connectivity index (χ4v) is 3.28. The average Bonchev–Trinajstić information content (AvgIpc) is 2.96. The van der Waals surface area contributed by atoms with Gasteiger partial charge >= 0.3 is 0 Å². The summed E-state index contributed by atoms with van der Waals surface area (Å²) in [6, 6.07) is 9.66. The van der Waals surface area contributed by atoms with Gasteiger partial charge in [-0.05, 0) is 31.0 Å². The quantitative estimate of drug-likeness (QED) is 0.890. The Balaban J connectivity index is 1.39. The number of carbonyl (C=O) groups excluding carboxylic acids is 1. The van der Waals surface area contributed by atoms with Gasteiger partial charge in [0.05, 0.1) is 19.8 Å². The van der Waals surface area contributed by atoms with Gasteiger partial charge in [-0.15, -0.1) is 0 Å². The zero-order chi connectivity index (χ0) is 15.2. The monoisotopic (exact) mass is 303 g/mol. The van der Waals surface area contributed by atoms with Crippen LogP contribution in [0, 0.1) is 5.92 Å². The molecule has 0 aliphatic carbocycles. The minimum atomic E-state index is 0.0817. The lowest BCUT2D eigenvalue weighted by Crippen LogP contribution is -2.40. The number of amides is 1. The minimum absolute atomic E-state index is 0.0817. The number of hydrogen-bond acceptors (Lipinski definition) is 4. The van der Waals surface area contributed by atoms with E-state index in [1.807, 2.05) is 30.3 Å². The number of hydrogen-bond donors (Lipinski definition) is 1. The third-order valence-corrected chi connectivity index (χ3v) is 4.41. The van der Waals surface area contributed by atoms with E-state index < -0.39 is 0 Å². The maximum atomic E-state index is 12.1. The Morgan fingerprint density at radius 1 is 1.14 bits per heavy atom. The normalized spacial score (nSPS) is 23.5. The zero-order valence-corrected chi connectivity index (χ0v) is 13.0. The highest BCUT2D eigenvalue weighted by Gasteiger charge is 2.26. The molecule has 0 radical (unpaired) electrons. The molecule has 2 fully saturated rings. The Labute approximate surface area is 132 Å². The summed E-state index contributed by atoms with van der Waals surface area (Å²) < 4.78 is 5.39. The summed E-state index contributed by atoms with van der Waals surface area (Å²) in [7, 11) is 0. The second kappa shape index (κ2) is 7.72. The summed E-state index contributed by atoms with van der Waals surface area (Å²) in [4.78, 5) is 16.8. The largest absolute Gasteiger partial charge is 0.379 e. The number of nitrogens with zero attached hydrogens (tertiary/aromatic N) is 2. The van der Waals surface area contributed by atoms with Gasteiger partial charge < -0.3 is 10.1 Å². The second-order valence-corrected chi connectivity index (χ2v) is 6.22. The van der Waals surface area contributed by atoms with E-state index in [1.165, 1.54) is 6.42 Å². The Bertz CT molecular complexity index is 474. The third kappa shape index (κ3) is 4.53. The van der Waals surface area contributed by atoms with Gasteiger partial charge in [-0.25, -0.2) is 0 Å². The fourth-order valence-electron chi connectivity index (χ4n) is 3.28. The number of ether oxygens (including phenoxy) is 1. The maximum Gasteiger partial charge on any atom is 0.238 e. The van der Waals surface area contributed by atoms with Crippen molar-refractivity contribution in [3.63, 3.8) is 0 Å². The van der Waals surface area contributed by atoms with E-state index in [9.17, 15) is 4.79 Å². The highest BCUT2D eigenvalue weighted by Crippen LogP contribution is 2.18. The predicted molar refractivity (Wildman–Crippen MR) is 86.9 cm³/mol. The fraction of sp³-hybridized carbons (Fsp3) is 0.588. The van der Waals surface area contributed by atoms with Crippen LogP contribution in [0.1, 0.15) is 6.42 Å². The van der Waals surface area contributed by atoms with Crippen LogP contribution in [0.3, 0.4) is 0 Å². The molecule has 2 heterocycles. The number of nitrogens with one attached hydrogen (secondary N) is 1. The molecule has 5 heteroatoms. The standard InChI is InChI=1S/C17H25N3O2/c21-17(18-16-4-2-1-3-5-16)14-20-7-6-15(13-20)12-19-8-10-22-11-9-19/h1-5,15H,6-14H2,(H,18,21)/t15-/m0/s1. The Hall–Kier alpha value is -1.43. The van der Waals surface area contributed by atoms with E-state index in [0.717, 1.165) is 51.6 Å². The molecule has 1 aromatic rings. The predicted octanol–water partition coefficient (Wildman–Crippen LogP) is 1.28. The van der Waals surface area contributed by atoms with Gasteiger partial charge in [0.1, 0.15) is 0 Å². The topological polar surface area (TPSA) is 44.8 Å². The average molecular weight is 303 g/mol. The first-order valence-electron chi connectivity index (χ1n) is 8.17. The van der Waals surface area contributed by atoms with Crippen LogP contribution < -0.4 is 5.32 Å². The number of para-hydroxylation sites is 1. The van der Waals surface area contributed by atoms with E-state index in [2.05, 4.69) is 15.1 Å². The van der Waals surface area contributed by atoms with Gasteiger partial charge in [0.15, 0.2) is 0 Å². The SMILES string of the molecule is O=C(CN1CC[C@@H](CN2CCOCC2)C1)Nc1ccccc1. The van der Waals surface area contributed by atoms with Crippen LogP contribution in [0.2, 0.25) is 0 Å². The molecule has 22 heavy (non-hydrogen) atoms. The number of benzene rings is 1. The molecular formula is C17H25N3O2. The van der Waals surface area contributed by atoms with Crippen molar-refractivity contribution in [2.45, 2.75) is 6.42 Å². The maximum absolute atomic E-state index is 12.1. The molecule has 120 valence electrons. The van der Waals surface area contributed by atoms with Crippen molar-refractivity contribution in [3.05, 3.63) is 30.3 Å². The molecule has 0 unspecified atom stereocenters. The Morgan fingerprint density at radius 3 is 2.68 bits per heavy atom. The summed E-state index contributed by atoms with van der Waals surface area (Å²) in [6.07, 6.45) is 1.19. The molecule has 2 aliphatic rings. The summed E-state index contributed by atoms with van der Waals surface area (Å²) in [5.74, 6) is 0.765. The van der Waals surface area contributed by atoms with Crippen LogP contribution in [0.5, 0.6) is 0 Å². The van der Waals surface area contributed by atoms with Gasteiger partial charge in [0, 0.05) is 31.9 Å². The van der Waals surface area contributed by atoms with Crippen LogP contribution in [-0.2, 0) is 9.53 Å². The highest BCUT2D eigenvalue weighted by atomic mass is 16.5. The van der Waals surface area contributed by atoms with Crippen LogP contribution in [0.25, 0.3) is 0 Å². The lowest BCUT2D eigenvalue weighted by atomic mass is 10.1. The summed E-state index contributed by atoms with van der Waals surface area (Å²) in [6.45, 7) is 7.49. The Morgan fingerprint density at radius 2 is 1.91 bits per heavy atom. The first kappa shape index (κ1) is 15.5. The second-order valence-electron chi connectivity index (χ2n) is 6.22. The molecule has 0 aromatic heterocycles. The molecule has 2 saturated heterocycles. The zero-order valence-electron chi connectivity index (χ0n) is 13.0. The van der Waals surface area contributed by atoms with Crippen molar-refractivity contribution < 1.29 is 9.53 Å². The van der Waals surface area contributed by atoms with E-state index in [0.29, 0.717) is 12.5 Å². The molecule has 1 aromatic carbocycles. The highest BCUT2D eigenvalue weighted by molar-refractivity contribution is 5.92. The number of anilines is 1. The van der Waals surface area contributed by atoms with Gasteiger partial charge in [0.25, 0.3) is 0 Å². The van der Waals surface area contributed by atoms with E-state index >= 15 is 0 Å². The molecule has 0 saturated carbocycles. The first-order valence-corrected chi connectivity index (χ1v) is 8.17. The van der Waals surface area contributed by atoms with Gasteiger partial charge in [-0.3, -0.25) is 14.6 Å². The molecular weight excluding hydrogens is 278 g/mol. The Kier molecular flexibility index (Phi) is 5.43. The van der Waals surface area contributed by atoms with Crippen molar-refractivity contribution in [2.24, 2.45) is 5.92 Å². The summed E-state index contributed by atoms with van der Waals surface area (Å²) in [5, 5.41) is 2.96. The number of rotatable bonds is 5. The summed E-state index contributed by atoms with van der Waals surface area (Å²) >= 11 is 0. The third-order valence-electron chi connectivity index (χ3n) is 4.41. The van der Waals surface area contributed by atoms with E-state index in [-0.39, 0.29) is 5.91 Å². The molecule has 0 spiro atoms. The lowest BCUT2D eigenvalue weighted by Gasteiger charge is -2.29. The minimum Gasteiger partial charge on any atom is -0.379 e. The molecule has 1 amide bonds. The van der Waals surface area contributed by atoms with Gasteiger partial charge in [0.2, 0.25) is 5.91 Å². The first-order chi connectivity index (χ1) is 10.8. The molecule has 3 rings (SSSR count). The van der Waals surface area contributed by atoms with Crippen molar-refractivity contribution in [1.29, 1.82) is 0 Å². The van der Waals surface area contributed by atoms with Crippen LogP contribution in [0.4, 0.5) is 5.69 Å². The van der Waals surface area contributed by atoms with E-state index in [1.54, 1.807) is 0 Å². The van der Waals surface area contributed by atoms with Crippen molar-refractivity contribution in [3.8, 4) is 0 Å². The molecule has 2 aliphatic heterocycles. The van der Waals surface area contributed by atoms with Crippen molar-refractivity contribution in [2.75, 3.05) is 57.8 Å². The number of morpholine rings is 1. The smallest absolute Gasteiger partial charge is 0.238 e. The summed E-state index contributed by atoms with van der Waals surface area (Å²) in [5.41, 5.74) is 0.872. The van der Waals surface area contributed by atoms with Crippen LogP contribution >= 0.6 is 0 Å².